The van der Waals surface area contributed by atoms with E-state index in [4.69, 9.17) is 0 Å². The first-order chi connectivity index (χ1) is 16.5. The molecule has 9 heteroatoms. The van der Waals surface area contributed by atoms with Crippen LogP contribution in [0.4, 0.5) is 10.1 Å². The van der Waals surface area contributed by atoms with Crippen molar-refractivity contribution < 1.29 is 9.18 Å². The summed E-state index contributed by atoms with van der Waals surface area (Å²) >= 11 is 1.12. The van der Waals surface area contributed by atoms with Gasteiger partial charge >= 0.3 is 0 Å². The van der Waals surface area contributed by atoms with Crippen LogP contribution in [0.1, 0.15) is 5.56 Å². The minimum absolute atomic E-state index is 0.0392. The third kappa shape index (κ3) is 4.25. The number of thioether (sulfide) groups is 1. The van der Waals surface area contributed by atoms with Gasteiger partial charge < -0.3 is 5.32 Å². The lowest BCUT2D eigenvalue weighted by Crippen LogP contribution is -2.19. The molecule has 0 saturated heterocycles. The number of hydrogen-bond donors (Lipinski definition) is 1. The summed E-state index contributed by atoms with van der Waals surface area (Å²) in [5.41, 5.74) is 2.51. The number of benzene rings is 3. The highest BCUT2D eigenvalue weighted by atomic mass is 32.2. The Hall–Kier alpha value is -4.11. The Balaban J connectivity index is 1.56. The molecule has 0 atom stereocenters. The largest absolute Gasteiger partial charge is 0.323 e. The number of aromatic nitrogens is 4. The monoisotopic (exact) mass is 471 g/mol. The van der Waals surface area contributed by atoms with E-state index in [9.17, 15) is 14.0 Å². The first-order valence-electron chi connectivity index (χ1n) is 10.4. The predicted octanol–water partition coefficient (Wildman–Crippen LogP) is 4.48. The summed E-state index contributed by atoms with van der Waals surface area (Å²) in [4.78, 5) is 34.3. The lowest BCUT2D eigenvalue weighted by atomic mass is 10.1. The number of anilines is 1. The Morgan fingerprint density at radius 3 is 2.53 bits per heavy atom. The summed E-state index contributed by atoms with van der Waals surface area (Å²) in [6.45, 7) is 1.96. The van der Waals surface area contributed by atoms with Gasteiger partial charge in [-0.1, -0.05) is 65.9 Å². The molecule has 0 saturated carbocycles. The molecular weight excluding hydrogens is 453 g/mol. The van der Waals surface area contributed by atoms with Crippen molar-refractivity contribution in [3.05, 3.63) is 94.5 Å². The van der Waals surface area contributed by atoms with Gasteiger partial charge in [-0.3, -0.25) is 9.59 Å². The minimum atomic E-state index is -0.513. The molecule has 0 bridgehead atoms. The number of nitrogens with one attached hydrogen (secondary N) is 1. The Morgan fingerprint density at radius 2 is 1.74 bits per heavy atom. The number of rotatable bonds is 5. The topological polar surface area (TPSA) is 89.2 Å². The van der Waals surface area contributed by atoms with Crippen LogP contribution >= 0.6 is 11.8 Å². The average molecular weight is 472 g/mol. The number of halogens is 1. The van der Waals surface area contributed by atoms with Crippen LogP contribution in [0.3, 0.4) is 0 Å². The van der Waals surface area contributed by atoms with Gasteiger partial charge in [-0.25, -0.2) is 9.37 Å². The van der Waals surface area contributed by atoms with Crippen molar-refractivity contribution >= 4 is 39.9 Å². The number of amides is 1. The molecule has 0 aliphatic heterocycles. The molecule has 0 aliphatic rings. The first kappa shape index (κ1) is 21.7. The summed E-state index contributed by atoms with van der Waals surface area (Å²) < 4.78 is 15.4. The fourth-order valence-corrected chi connectivity index (χ4v) is 4.21. The summed E-state index contributed by atoms with van der Waals surface area (Å²) in [6, 6.07) is 20.7. The van der Waals surface area contributed by atoms with E-state index in [2.05, 4.69) is 20.4 Å². The van der Waals surface area contributed by atoms with Crippen molar-refractivity contribution in [2.45, 2.75) is 12.1 Å². The molecule has 5 rings (SSSR count). The first-order valence-corrected chi connectivity index (χ1v) is 11.4. The molecule has 7 nitrogen and oxygen atoms in total. The van der Waals surface area contributed by atoms with Crippen molar-refractivity contribution in [3.8, 4) is 11.3 Å². The van der Waals surface area contributed by atoms with Gasteiger partial charge in [-0.2, -0.15) is 14.6 Å². The second-order valence-electron chi connectivity index (χ2n) is 7.60. The zero-order valence-electron chi connectivity index (χ0n) is 18.0. The Morgan fingerprint density at radius 1 is 1.00 bits per heavy atom. The number of aryl methyl sites for hydroxylation is 1. The molecule has 0 fully saturated rings. The van der Waals surface area contributed by atoms with Gasteiger partial charge in [0.05, 0.1) is 17.0 Å². The van der Waals surface area contributed by atoms with Gasteiger partial charge in [0.1, 0.15) is 5.82 Å². The summed E-state index contributed by atoms with van der Waals surface area (Å²) in [6.07, 6.45) is 0. The molecule has 3 aromatic carbocycles. The van der Waals surface area contributed by atoms with E-state index >= 15 is 0 Å². The lowest BCUT2D eigenvalue weighted by molar-refractivity contribution is -0.113. The fourth-order valence-electron chi connectivity index (χ4n) is 3.47. The van der Waals surface area contributed by atoms with E-state index in [0.717, 1.165) is 17.3 Å². The number of hydrogen-bond acceptors (Lipinski definition) is 6. The summed E-state index contributed by atoms with van der Waals surface area (Å²) in [7, 11) is 0. The number of carbonyl (C=O) groups excluding carboxylic acids is 1. The molecular formula is C25H18FN5O2S. The highest BCUT2D eigenvalue weighted by Crippen LogP contribution is 2.24. The minimum Gasteiger partial charge on any atom is -0.323 e. The Bertz CT molecular complexity index is 1600. The number of nitrogens with zero attached hydrogens (tertiary/aromatic N) is 4. The Labute approximate surface area is 197 Å². The molecule has 1 N–H and O–H groups in total. The summed E-state index contributed by atoms with van der Waals surface area (Å²) in [5.74, 6) is -0.949. The van der Waals surface area contributed by atoms with Crippen LogP contribution in [0.5, 0.6) is 0 Å². The maximum atomic E-state index is 13.9. The van der Waals surface area contributed by atoms with Gasteiger partial charge in [-0.15, -0.1) is 0 Å². The molecule has 2 heterocycles. The third-order valence-electron chi connectivity index (χ3n) is 5.16. The van der Waals surface area contributed by atoms with Gasteiger partial charge in [0.15, 0.2) is 16.5 Å². The van der Waals surface area contributed by atoms with Crippen LogP contribution in [-0.2, 0) is 4.79 Å². The SMILES string of the molecule is Cc1ccc(-c2nn3c(SCC(=O)Nc4ccccc4F)nc4ccccc4c3nc2=O)cc1. The van der Waals surface area contributed by atoms with Crippen molar-refractivity contribution in [3.63, 3.8) is 0 Å². The average Bonchev–Trinajstić information content (AvgIpc) is 2.84. The molecule has 34 heavy (non-hydrogen) atoms. The van der Waals surface area contributed by atoms with E-state index in [-0.39, 0.29) is 17.1 Å². The van der Waals surface area contributed by atoms with Crippen molar-refractivity contribution in [1.29, 1.82) is 0 Å². The molecule has 168 valence electrons. The number of carbonyl (C=O) groups is 1. The second kappa shape index (κ2) is 9.03. The zero-order chi connectivity index (χ0) is 23.7. The van der Waals surface area contributed by atoms with Crippen LogP contribution in [0.25, 0.3) is 27.8 Å². The van der Waals surface area contributed by atoms with E-state index in [1.165, 1.54) is 16.6 Å². The lowest BCUT2D eigenvalue weighted by Gasteiger charge is -2.11. The number of fused-ring (bicyclic) bond motifs is 3. The van der Waals surface area contributed by atoms with Crippen LogP contribution < -0.4 is 10.9 Å². The van der Waals surface area contributed by atoms with Crippen molar-refractivity contribution in [1.82, 2.24) is 19.6 Å². The Kier molecular flexibility index (Phi) is 5.77. The molecule has 0 radical (unpaired) electrons. The number of para-hydroxylation sites is 2. The van der Waals surface area contributed by atoms with Gasteiger partial charge in [0.25, 0.3) is 5.56 Å². The molecule has 5 aromatic rings. The van der Waals surface area contributed by atoms with E-state index < -0.39 is 17.3 Å². The fraction of sp³-hybridized carbons (Fsp3) is 0.0800. The quantitative estimate of drug-likeness (QED) is 0.231. The predicted molar refractivity (Wildman–Crippen MR) is 130 cm³/mol. The van der Waals surface area contributed by atoms with E-state index in [1.807, 2.05) is 49.4 Å². The van der Waals surface area contributed by atoms with E-state index in [0.29, 0.717) is 27.3 Å². The summed E-state index contributed by atoms with van der Waals surface area (Å²) in [5, 5.41) is 8.18. The maximum absolute atomic E-state index is 13.9. The van der Waals surface area contributed by atoms with Gasteiger partial charge in [0, 0.05) is 10.9 Å². The van der Waals surface area contributed by atoms with Crippen LogP contribution in [0, 0.1) is 12.7 Å². The standard InChI is InChI=1S/C25H18FN5O2S/c1-15-10-12-16(13-11-15)22-24(33)29-23-17-6-2-4-8-19(17)28-25(31(23)30-22)34-14-21(32)27-20-9-5-3-7-18(20)26/h2-13H,14H2,1H3,(H,27,32). The second-order valence-corrected chi connectivity index (χ2v) is 8.54. The van der Waals surface area contributed by atoms with Gasteiger partial charge in [-0.05, 0) is 31.2 Å². The maximum Gasteiger partial charge on any atom is 0.300 e. The van der Waals surface area contributed by atoms with Crippen molar-refractivity contribution in [2.75, 3.05) is 11.1 Å². The van der Waals surface area contributed by atoms with Crippen LogP contribution in [0.2, 0.25) is 0 Å². The van der Waals surface area contributed by atoms with E-state index in [1.54, 1.807) is 18.2 Å². The highest BCUT2D eigenvalue weighted by Gasteiger charge is 2.16. The van der Waals surface area contributed by atoms with Gasteiger partial charge in [0.2, 0.25) is 5.91 Å². The molecule has 0 spiro atoms. The molecule has 0 aliphatic carbocycles. The van der Waals surface area contributed by atoms with Crippen LogP contribution in [0.15, 0.2) is 82.7 Å². The van der Waals surface area contributed by atoms with Crippen molar-refractivity contribution in [2.24, 2.45) is 0 Å². The van der Waals surface area contributed by atoms with Crippen LogP contribution in [-0.4, -0.2) is 31.2 Å². The smallest absolute Gasteiger partial charge is 0.300 e. The molecule has 0 unspecified atom stereocenters. The molecule has 1 amide bonds. The zero-order valence-corrected chi connectivity index (χ0v) is 18.8. The highest BCUT2D eigenvalue weighted by molar-refractivity contribution is 7.99. The molecule has 2 aromatic heterocycles. The third-order valence-corrected chi connectivity index (χ3v) is 6.09. The normalized spacial score (nSPS) is 11.1.